The molecule has 1 N–H and O–H groups in total. The number of hydrogen-bond acceptors (Lipinski definition) is 6. The summed E-state index contributed by atoms with van der Waals surface area (Å²) in [5.74, 6) is 0.924. The lowest BCUT2D eigenvalue weighted by atomic mass is 10.0. The van der Waals surface area contributed by atoms with Crippen LogP contribution in [0.3, 0.4) is 0 Å². The zero-order valence-electron chi connectivity index (χ0n) is 12.8. The molecule has 120 valence electrons. The van der Waals surface area contributed by atoms with E-state index in [0.29, 0.717) is 16.6 Å². The van der Waals surface area contributed by atoms with Gasteiger partial charge in [-0.1, -0.05) is 0 Å². The highest BCUT2D eigenvalue weighted by molar-refractivity contribution is 7.13. The molecule has 0 spiro atoms. The van der Waals surface area contributed by atoms with E-state index in [2.05, 4.69) is 10.3 Å². The second kappa shape index (κ2) is 6.98. The Hall–Kier alpha value is -3.11. The fourth-order valence-electron chi connectivity index (χ4n) is 2.16. The van der Waals surface area contributed by atoms with Gasteiger partial charge in [0.25, 0.3) is 5.91 Å². The van der Waals surface area contributed by atoms with Crippen LogP contribution in [0.15, 0.2) is 47.0 Å². The molecule has 1 aliphatic rings. The third-order valence-corrected chi connectivity index (χ3v) is 3.99. The molecular weight excluding hydrogens is 326 g/mol. The highest BCUT2D eigenvalue weighted by Crippen LogP contribution is 2.30. The van der Waals surface area contributed by atoms with Crippen LogP contribution in [0.5, 0.6) is 11.5 Å². The van der Waals surface area contributed by atoms with Gasteiger partial charge < -0.3 is 9.47 Å². The Kier molecular flexibility index (Phi) is 4.59. The van der Waals surface area contributed by atoms with E-state index in [4.69, 9.17) is 9.47 Å². The standard InChI is InChI=1S/C17H13N3O3S/c1-22-14-3-2-12-6-11(10-23-15(12)8-14)7-13(9-18)16(21)20-17-19-4-5-24-17/h2-8H,10H2,1H3,(H,19,20,21)/b13-7+. The summed E-state index contributed by atoms with van der Waals surface area (Å²) in [6, 6.07) is 7.40. The van der Waals surface area contributed by atoms with Crippen molar-refractivity contribution in [3.8, 4) is 17.6 Å². The molecule has 0 unspecified atom stereocenters. The molecule has 0 atom stereocenters. The largest absolute Gasteiger partial charge is 0.497 e. The summed E-state index contributed by atoms with van der Waals surface area (Å²) in [4.78, 5) is 16.1. The van der Waals surface area contributed by atoms with Crippen LogP contribution in [0.2, 0.25) is 0 Å². The maximum Gasteiger partial charge on any atom is 0.268 e. The molecule has 2 aromatic rings. The topological polar surface area (TPSA) is 84.2 Å². The van der Waals surface area contributed by atoms with Crippen LogP contribution in [0.1, 0.15) is 5.56 Å². The Morgan fingerprint density at radius 2 is 2.42 bits per heavy atom. The van der Waals surface area contributed by atoms with Crippen LogP contribution in [0, 0.1) is 11.3 Å². The molecule has 0 aliphatic carbocycles. The molecule has 2 heterocycles. The van der Waals surface area contributed by atoms with Crippen molar-refractivity contribution in [1.29, 1.82) is 5.26 Å². The first kappa shape index (κ1) is 15.8. The first-order chi connectivity index (χ1) is 11.7. The van der Waals surface area contributed by atoms with Gasteiger partial charge in [0.05, 0.1) is 7.11 Å². The van der Waals surface area contributed by atoms with Gasteiger partial charge in [0.2, 0.25) is 0 Å². The zero-order valence-corrected chi connectivity index (χ0v) is 13.6. The number of carbonyl (C=O) groups is 1. The quantitative estimate of drug-likeness (QED) is 0.684. The van der Waals surface area contributed by atoms with Crippen molar-refractivity contribution >= 4 is 28.5 Å². The number of rotatable bonds is 4. The van der Waals surface area contributed by atoms with Gasteiger partial charge in [0.15, 0.2) is 5.13 Å². The maximum absolute atomic E-state index is 12.1. The molecule has 0 bridgehead atoms. The number of methoxy groups -OCH3 is 1. The van der Waals surface area contributed by atoms with Gasteiger partial charge in [-0.05, 0) is 29.9 Å². The van der Waals surface area contributed by atoms with E-state index in [1.807, 2.05) is 24.3 Å². The van der Waals surface area contributed by atoms with Gasteiger partial charge in [-0.25, -0.2) is 4.98 Å². The van der Waals surface area contributed by atoms with Crippen LogP contribution in [-0.2, 0) is 4.79 Å². The molecule has 1 aromatic carbocycles. The number of amides is 1. The molecule has 0 saturated heterocycles. The molecule has 6 nitrogen and oxygen atoms in total. The van der Waals surface area contributed by atoms with Crippen molar-refractivity contribution in [2.45, 2.75) is 0 Å². The fourth-order valence-corrected chi connectivity index (χ4v) is 2.68. The Labute approximate surface area is 142 Å². The third-order valence-electron chi connectivity index (χ3n) is 3.30. The summed E-state index contributed by atoms with van der Waals surface area (Å²) in [6.07, 6.45) is 4.99. The summed E-state index contributed by atoms with van der Waals surface area (Å²) in [5.41, 5.74) is 1.60. The minimum Gasteiger partial charge on any atom is -0.497 e. The minimum atomic E-state index is -0.492. The van der Waals surface area contributed by atoms with E-state index in [0.717, 1.165) is 11.1 Å². The van der Waals surface area contributed by atoms with Crippen molar-refractivity contribution < 1.29 is 14.3 Å². The van der Waals surface area contributed by atoms with E-state index in [9.17, 15) is 10.1 Å². The first-order valence-electron chi connectivity index (χ1n) is 7.03. The highest BCUT2D eigenvalue weighted by atomic mass is 32.1. The average molecular weight is 339 g/mol. The first-order valence-corrected chi connectivity index (χ1v) is 7.91. The van der Waals surface area contributed by atoms with Crippen molar-refractivity contribution in [3.05, 3.63) is 52.6 Å². The summed E-state index contributed by atoms with van der Waals surface area (Å²) < 4.78 is 10.8. The average Bonchev–Trinajstić information content (AvgIpc) is 3.11. The predicted octanol–water partition coefficient (Wildman–Crippen LogP) is 3.02. The molecule has 0 fully saturated rings. The van der Waals surface area contributed by atoms with Gasteiger partial charge in [-0.2, -0.15) is 5.26 Å². The molecule has 1 aliphatic heterocycles. The van der Waals surface area contributed by atoms with Gasteiger partial charge in [-0.3, -0.25) is 10.1 Å². The summed E-state index contributed by atoms with van der Waals surface area (Å²) in [7, 11) is 1.59. The normalized spacial score (nSPS) is 13.2. The Balaban J connectivity index is 1.82. The van der Waals surface area contributed by atoms with Gasteiger partial charge in [-0.15, -0.1) is 11.3 Å². The number of nitriles is 1. The van der Waals surface area contributed by atoms with E-state index < -0.39 is 5.91 Å². The van der Waals surface area contributed by atoms with E-state index >= 15 is 0 Å². The van der Waals surface area contributed by atoms with Gasteiger partial charge in [0.1, 0.15) is 29.7 Å². The number of fused-ring (bicyclic) bond motifs is 1. The van der Waals surface area contributed by atoms with Gasteiger partial charge >= 0.3 is 0 Å². The van der Waals surface area contributed by atoms with Crippen molar-refractivity contribution in [3.63, 3.8) is 0 Å². The van der Waals surface area contributed by atoms with E-state index in [1.165, 1.54) is 17.4 Å². The van der Waals surface area contributed by atoms with Gasteiger partial charge in [0, 0.05) is 23.2 Å². The zero-order chi connectivity index (χ0) is 16.9. The summed E-state index contributed by atoms with van der Waals surface area (Å²) in [6.45, 7) is 0.274. The number of hydrogen-bond donors (Lipinski definition) is 1. The Bertz CT molecular complexity index is 864. The monoisotopic (exact) mass is 339 g/mol. The second-order valence-corrected chi connectivity index (χ2v) is 5.77. The van der Waals surface area contributed by atoms with Crippen molar-refractivity contribution in [2.75, 3.05) is 19.0 Å². The molecule has 0 saturated carbocycles. The molecule has 3 rings (SSSR count). The molecular formula is C17H13N3O3S. The number of anilines is 1. The number of thiazole rings is 1. The van der Waals surface area contributed by atoms with Crippen molar-refractivity contribution in [2.24, 2.45) is 0 Å². The lowest BCUT2D eigenvalue weighted by molar-refractivity contribution is -0.112. The van der Waals surface area contributed by atoms with E-state index in [1.54, 1.807) is 24.8 Å². The van der Waals surface area contributed by atoms with E-state index in [-0.39, 0.29) is 12.2 Å². The van der Waals surface area contributed by atoms with Crippen LogP contribution in [0.4, 0.5) is 5.13 Å². The highest BCUT2D eigenvalue weighted by Gasteiger charge is 2.15. The number of benzene rings is 1. The summed E-state index contributed by atoms with van der Waals surface area (Å²) in [5, 5.41) is 14.0. The molecule has 1 aromatic heterocycles. The Morgan fingerprint density at radius 1 is 1.54 bits per heavy atom. The summed E-state index contributed by atoms with van der Waals surface area (Å²) >= 11 is 1.29. The SMILES string of the molecule is COc1ccc2c(c1)OCC(/C=C(\C#N)C(=O)Nc1nccs1)=C2. The fraction of sp³-hybridized carbons (Fsp3) is 0.118. The molecule has 7 heteroatoms. The van der Waals surface area contributed by atoms with Crippen molar-refractivity contribution in [1.82, 2.24) is 4.98 Å². The second-order valence-electron chi connectivity index (χ2n) is 4.87. The number of nitrogens with zero attached hydrogens (tertiary/aromatic N) is 2. The van der Waals surface area contributed by atoms with Crippen LogP contribution in [-0.4, -0.2) is 24.6 Å². The molecule has 0 radical (unpaired) electrons. The number of nitrogens with one attached hydrogen (secondary N) is 1. The molecule has 1 amide bonds. The minimum absolute atomic E-state index is 0.00277. The van der Waals surface area contributed by atoms with Crippen LogP contribution >= 0.6 is 11.3 Å². The number of ether oxygens (including phenoxy) is 2. The lowest BCUT2D eigenvalue weighted by Gasteiger charge is -2.17. The Morgan fingerprint density at radius 3 is 3.12 bits per heavy atom. The predicted molar refractivity (Wildman–Crippen MR) is 90.9 cm³/mol. The number of carbonyl (C=O) groups excluding carboxylic acids is 1. The third kappa shape index (κ3) is 3.45. The lowest BCUT2D eigenvalue weighted by Crippen LogP contribution is -2.14. The maximum atomic E-state index is 12.1. The van der Waals surface area contributed by atoms with Crippen LogP contribution < -0.4 is 14.8 Å². The smallest absolute Gasteiger partial charge is 0.268 e. The molecule has 24 heavy (non-hydrogen) atoms. The number of aromatic nitrogens is 1. The van der Waals surface area contributed by atoms with Crippen LogP contribution in [0.25, 0.3) is 6.08 Å².